The molecule has 0 radical (unpaired) electrons. The summed E-state index contributed by atoms with van der Waals surface area (Å²) in [6, 6.07) is 8.42. The fourth-order valence-electron chi connectivity index (χ4n) is 2.40. The lowest BCUT2D eigenvalue weighted by atomic mass is 9.97. The van der Waals surface area contributed by atoms with Gasteiger partial charge in [-0.1, -0.05) is 65.8 Å². The van der Waals surface area contributed by atoms with E-state index in [2.05, 4.69) is 22.8 Å². The molecule has 144 valence electrons. The van der Waals surface area contributed by atoms with Gasteiger partial charge >= 0.3 is 0 Å². The lowest BCUT2D eigenvalue weighted by Gasteiger charge is -2.21. The fourth-order valence-corrected chi connectivity index (χ4v) is 2.40. The first kappa shape index (κ1) is 25.7. The van der Waals surface area contributed by atoms with Gasteiger partial charge in [0.25, 0.3) is 0 Å². The molecule has 0 aromatic heterocycles. The van der Waals surface area contributed by atoms with E-state index in [4.69, 9.17) is 0 Å². The van der Waals surface area contributed by atoms with Crippen molar-refractivity contribution in [3.8, 4) is 0 Å². The minimum atomic E-state index is 0.0138. The molecular weight excluding hydrogens is 312 g/mol. The number of hydrogen-bond acceptors (Lipinski definition) is 4. The van der Waals surface area contributed by atoms with Gasteiger partial charge in [0.15, 0.2) is 0 Å². The van der Waals surface area contributed by atoms with Gasteiger partial charge in [0.1, 0.15) is 12.6 Å². The van der Waals surface area contributed by atoms with Gasteiger partial charge in [0.05, 0.1) is 12.1 Å². The Hall–Kier alpha value is -1.52. The number of rotatable bonds is 2. The summed E-state index contributed by atoms with van der Waals surface area (Å²) in [5.41, 5.74) is 2.61. The van der Waals surface area contributed by atoms with E-state index in [-0.39, 0.29) is 12.1 Å². The Morgan fingerprint density at radius 3 is 1.84 bits per heavy atom. The number of aldehydes is 2. The van der Waals surface area contributed by atoms with Gasteiger partial charge in [0, 0.05) is 6.54 Å². The molecular formula is C21H38N2O2. The van der Waals surface area contributed by atoms with Crippen LogP contribution in [0.3, 0.4) is 0 Å². The highest BCUT2D eigenvalue weighted by molar-refractivity contribution is 5.59. The number of hydrogen-bond donors (Lipinski definition) is 2. The Morgan fingerprint density at radius 1 is 0.840 bits per heavy atom. The van der Waals surface area contributed by atoms with Crippen molar-refractivity contribution < 1.29 is 9.59 Å². The zero-order valence-corrected chi connectivity index (χ0v) is 17.0. The minimum absolute atomic E-state index is 0.0138. The van der Waals surface area contributed by atoms with Crippen molar-refractivity contribution >= 4 is 12.6 Å². The average Bonchev–Trinajstić information content (AvgIpc) is 3.26. The fraction of sp³-hybridized carbons (Fsp3) is 0.619. The van der Waals surface area contributed by atoms with E-state index in [0.717, 1.165) is 44.9 Å². The van der Waals surface area contributed by atoms with Crippen LogP contribution in [0, 0.1) is 0 Å². The zero-order chi connectivity index (χ0) is 19.5. The Bertz CT molecular complexity index is 430. The number of benzene rings is 1. The summed E-state index contributed by atoms with van der Waals surface area (Å²) in [6.45, 7) is 13.8. The quantitative estimate of drug-likeness (QED) is 0.794. The summed E-state index contributed by atoms with van der Waals surface area (Å²) in [6.07, 6.45) is 4.98. The Balaban J connectivity index is 0. The Morgan fingerprint density at radius 2 is 1.40 bits per heavy atom. The number of carbonyl (C=O) groups is 2. The standard InChI is InChI=1S/C10H11NO.C5H9NO.3C2H6/c12-7-10-5-8-3-1-2-4-9(8)6-11-10;7-4-5-2-1-3-6-5;3*1-2/h1-4,7,10-11H,5-6H2;4-6H,1-3H2;3*1-2H3/t10-;5-;;;/m00.../s1. The van der Waals surface area contributed by atoms with E-state index < -0.39 is 0 Å². The lowest BCUT2D eigenvalue weighted by molar-refractivity contribution is -0.110. The summed E-state index contributed by atoms with van der Waals surface area (Å²) in [7, 11) is 0. The largest absolute Gasteiger partial charge is 0.308 e. The molecule has 2 atom stereocenters. The van der Waals surface area contributed by atoms with E-state index in [0.29, 0.717) is 0 Å². The molecule has 2 aliphatic heterocycles. The third-order valence-electron chi connectivity index (χ3n) is 3.54. The second-order valence-electron chi connectivity index (χ2n) is 4.94. The zero-order valence-electron chi connectivity index (χ0n) is 17.0. The Kier molecular flexibility index (Phi) is 19.4. The maximum Gasteiger partial charge on any atom is 0.137 e. The molecule has 25 heavy (non-hydrogen) atoms. The van der Waals surface area contributed by atoms with Gasteiger partial charge < -0.3 is 20.2 Å². The number of carbonyl (C=O) groups excluding carboxylic acids is 2. The summed E-state index contributed by atoms with van der Waals surface area (Å²) < 4.78 is 0. The van der Waals surface area contributed by atoms with Gasteiger partial charge in [-0.3, -0.25) is 0 Å². The molecule has 0 spiro atoms. The molecule has 1 aromatic carbocycles. The first-order chi connectivity index (χ1) is 12.3. The van der Waals surface area contributed by atoms with Crippen molar-refractivity contribution in [3.63, 3.8) is 0 Å². The molecule has 2 aliphatic rings. The first-order valence-electron chi connectivity index (χ1n) is 9.77. The molecule has 3 rings (SSSR count). The highest BCUT2D eigenvalue weighted by Gasteiger charge is 2.15. The van der Waals surface area contributed by atoms with Crippen LogP contribution in [0.4, 0.5) is 0 Å². The highest BCUT2D eigenvalue weighted by Crippen LogP contribution is 2.14. The third-order valence-corrected chi connectivity index (χ3v) is 3.54. The van der Waals surface area contributed by atoms with Gasteiger partial charge in [-0.25, -0.2) is 0 Å². The molecule has 0 amide bonds. The highest BCUT2D eigenvalue weighted by atomic mass is 16.1. The molecule has 2 N–H and O–H groups in total. The molecule has 0 saturated carbocycles. The van der Waals surface area contributed by atoms with Crippen LogP contribution in [0.2, 0.25) is 0 Å². The monoisotopic (exact) mass is 350 g/mol. The first-order valence-corrected chi connectivity index (χ1v) is 9.77. The molecule has 1 aromatic rings. The molecule has 4 heteroatoms. The molecule has 2 heterocycles. The summed E-state index contributed by atoms with van der Waals surface area (Å²) >= 11 is 0. The second-order valence-corrected chi connectivity index (χ2v) is 4.94. The van der Waals surface area contributed by atoms with Crippen LogP contribution in [-0.4, -0.2) is 31.2 Å². The van der Waals surface area contributed by atoms with Gasteiger partial charge in [-0.05, 0) is 36.9 Å². The maximum atomic E-state index is 10.5. The molecule has 1 fully saturated rings. The molecule has 0 aliphatic carbocycles. The molecule has 0 unspecified atom stereocenters. The van der Waals surface area contributed by atoms with Crippen LogP contribution in [-0.2, 0) is 22.6 Å². The Labute approximate surface area is 154 Å². The lowest BCUT2D eigenvalue weighted by Crippen LogP contribution is -2.36. The van der Waals surface area contributed by atoms with Crippen molar-refractivity contribution in [1.29, 1.82) is 0 Å². The number of fused-ring (bicyclic) bond motifs is 1. The predicted molar refractivity (Wildman–Crippen MR) is 108 cm³/mol. The van der Waals surface area contributed by atoms with E-state index in [1.54, 1.807) is 0 Å². The van der Waals surface area contributed by atoms with Gasteiger partial charge in [-0.2, -0.15) is 0 Å². The van der Waals surface area contributed by atoms with Crippen LogP contribution >= 0.6 is 0 Å². The van der Waals surface area contributed by atoms with Crippen LogP contribution in [0.15, 0.2) is 24.3 Å². The smallest absolute Gasteiger partial charge is 0.137 e. The van der Waals surface area contributed by atoms with Gasteiger partial charge in [0.2, 0.25) is 0 Å². The van der Waals surface area contributed by atoms with Crippen molar-refractivity contribution in [2.75, 3.05) is 6.54 Å². The van der Waals surface area contributed by atoms with E-state index in [1.165, 1.54) is 11.1 Å². The summed E-state index contributed by atoms with van der Waals surface area (Å²) in [5, 5.41) is 6.20. The summed E-state index contributed by atoms with van der Waals surface area (Å²) in [4.78, 5) is 20.5. The van der Waals surface area contributed by atoms with E-state index >= 15 is 0 Å². The summed E-state index contributed by atoms with van der Waals surface area (Å²) in [5.74, 6) is 0. The van der Waals surface area contributed by atoms with Crippen molar-refractivity contribution in [2.45, 2.75) is 79.4 Å². The van der Waals surface area contributed by atoms with Crippen LogP contribution in [0.5, 0.6) is 0 Å². The van der Waals surface area contributed by atoms with Crippen LogP contribution in [0.1, 0.15) is 65.5 Å². The van der Waals surface area contributed by atoms with E-state index in [9.17, 15) is 9.59 Å². The molecule has 4 nitrogen and oxygen atoms in total. The normalized spacial score (nSPS) is 19.6. The van der Waals surface area contributed by atoms with Crippen LogP contribution in [0.25, 0.3) is 0 Å². The topological polar surface area (TPSA) is 58.2 Å². The van der Waals surface area contributed by atoms with E-state index in [1.807, 2.05) is 53.7 Å². The number of nitrogens with one attached hydrogen (secondary N) is 2. The molecule has 1 saturated heterocycles. The van der Waals surface area contributed by atoms with Gasteiger partial charge in [-0.15, -0.1) is 0 Å². The predicted octanol–water partition coefficient (Wildman–Crippen LogP) is 3.92. The minimum Gasteiger partial charge on any atom is -0.308 e. The van der Waals surface area contributed by atoms with Crippen molar-refractivity contribution in [2.24, 2.45) is 0 Å². The SMILES string of the molecule is CC.CC.CC.O=C[C@@H]1CCCN1.O=C[C@@H]1Cc2ccccc2CN1. The molecule has 0 bridgehead atoms. The maximum absolute atomic E-state index is 10.5. The average molecular weight is 351 g/mol. The van der Waals surface area contributed by atoms with Crippen molar-refractivity contribution in [1.82, 2.24) is 10.6 Å². The second kappa shape index (κ2) is 18.8. The third kappa shape index (κ3) is 10.8. The van der Waals surface area contributed by atoms with Crippen LogP contribution < -0.4 is 10.6 Å². The van der Waals surface area contributed by atoms with Crippen molar-refractivity contribution in [3.05, 3.63) is 35.4 Å².